The van der Waals surface area contributed by atoms with E-state index in [-0.39, 0.29) is 6.61 Å². The van der Waals surface area contributed by atoms with Gasteiger partial charge in [-0.2, -0.15) is 0 Å². The van der Waals surface area contributed by atoms with Crippen LogP contribution in [0.15, 0.2) is 28.5 Å². The number of rotatable bonds is 7. The number of nitrogens with zero attached hydrogens (tertiary/aromatic N) is 1. The van der Waals surface area contributed by atoms with E-state index in [0.29, 0.717) is 24.1 Å². The van der Waals surface area contributed by atoms with Gasteiger partial charge < -0.3 is 9.15 Å². The smallest absolute Gasteiger partial charge is 0.195 e. The fourth-order valence-electron chi connectivity index (χ4n) is 2.12. The number of ether oxygens (including phenoxy) is 1. The molecule has 2 rings (SSSR count). The molecule has 0 saturated carbocycles. The molecule has 0 amide bonds. The van der Waals surface area contributed by atoms with E-state index in [4.69, 9.17) is 9.15 Å². The molecule has 0 aliphatic rings. The van der Waals surface area contributed by atoms with Crippen molar-refractivity contribution in [3.8, 4) is 5.75 Å². The van der Waals surface area contributed by atoms with Gasteiger partial charge in [-0.25, -0.2) is 9.37 Å². The van der Waals surface area contributed by atoms with Crippen LogP contribution >= 0.6 is 0 Å². The van der Waals surface area contributed by atoms with Gasteiger partial charge in [-0.15, -0.1) is 0 Å². The maximum atomic E-state index is 12.6. The topological polar surface area (TPSA) is 35.3 Å². The van der Waals surface area contributed by atoms with Crippen LogP contribution in [-0.2, 0) is 6.42 Å². The molecule has 0 aliphatic heterocycles. The van der Waals surface area contributed by atoms with Gasteiger partial charge in [-0.1, -0.05) is 20.3 Å². The molecule has 0 N–H and O–H groups in total. The molecule has 114 valence electrons. The van der Waals surface area contributed by atoms with Crippen LogP contribution < -0.4 is 4.74 Å². The first-order valence-electron chi connectivity index (χ1n) is 7.49. The summed E-state index contributed by atoms with van der Waals surface area (Å²) in [7, 11) is 0. The summed E-state index contributed by atoms with van der Waals surface area (Å²) in [5.41, 5.74) is 3.16. The Morgan fingerprint density at radius 1 is 1.38 bits per heavy atom. The van der Waals surface area contributed by atoms with Crippen molar-refractivity contribution in [1.82, 2.24) is 4.98 Å². The minimum Gasteiger partial charge on any atom is -0.489 e. The lowest BCUT2D eigenvalue weighted by Gasteiger charge is -2.09. The van der Waals surface area contributed by atoms with Crippen molar-refractivity contribution >= 4 is 11.1 Å². The average Bonchev–Trinajstić information content (AvgIpc) is 2.92. The van der Waals surface area contributed by atoms with E-state index < -0.39 is 0 Å². The number of fused-ring (bicyclic) bond motifs is 1. The maximum absolute atomic E-state index is 12.6. The molecule has 0 spiro atoms. The van der Waals surface area contributed by atoms with Gasteiger partial charge in [0.05, 0.1) is 6.33 Å². The molecule has 1 aromatic carbocycles. The van der Waals surface area contributed by atoms with Crippen LogP contribution in [0.25, 0.3) is 11.1 Å². The quantitative estimate of drug-likeness (QED) is 0.710. The molecule has 4 heteroatoms. The fourth-order valence-corrected chi connectivity index (χ4v) is 2.12. The number of hydrogen-bond acceptors (Lipinski definition) is 3. The highest BCUT2D eigenvalue weighted by Crippen LogP contribution is 2.28. The molecule has 0 radical (unpaired) electrons. The molecule has 21 heavy (non-hydrogen) atoms. The Hall–Kier alpha value is -1.84. The summed E-state index contributed by atoms with van der Waals surface area (Å²) < 4.78 is 24.1. The van der Waals surface area contributed by atoms with Gasteiger partial charge in [-0.3, -0.25) is 0 Å². The van der Waals surface area contributed by atoms with Crippen molar-refractivity contribution in [2.24, 2.45) is 0 Å². The lowest BCUT2D eigenvalue weighted by atomic mass is 10.2. The van der Waals surface area contributed by atoms with Crippen molar-refractivity contribution in [3.63, 3.8) is 0 Å². The molecule has 0 bridgehead atoms. The first-order valence-corrected chi connectivity index (χ1v) is 7.49. The highest BCUT2D eigenvalue weighted by Gasteiger charge is 2.12. The van der Waals surface area contributed by atoms with Crippen LogP contribution in [0.4, 0.5) is 4.39 Å². The van der Waals surface area contributed by atoms with Crippen LogP contribution in [0.2, 0.25) is 0 Å². The van der Waals surface area contributed by atoms with Gasteiger partial charge in [0, 0.05) is 12.0 Å². The first-order chi connectivity index (χ1) is 10.2. The first kappa shape index (κ1) is 15.5. The number of oxazole rings is 1. The van der Waals surface area contributed by atoms with Gasteiger partial charge >= 0.3 is 0 Å². The van der Waals surface area contributed by atoms with Gasteiger partial charge in [0.1, 0.15) is 17.9 Å². The van der Waals surface area contributed by atoms with Crippen LogP contribution in [0, 0.1) is 6.92 Å². The van der Waals surface area contributed by atoms with E-state index in [9.17, 15) is 4.39 Å². The monoisotopic (exact) mass is 291 g/mol. The van der Waals surface area contributed by atoms with E-state index in [0.717, 1.165) is 41.8 Å². The lowest BCUT2D eigenvalue weighted by Crippen LogP contribution is -2.01. The molecular formula is C17H22FNO2. The van der Waals surface area contributed by atoms with Gasteiger partial charge in [-0.05, 0) is 37.5 Å². The van der Waals surface area contributed by atoms with Crippen LogP contribution in [0.5, 0.6) is 5.75 Å². The minimum absolute atomic E-state index is 0.260. The van der Waals surface area contributed by atoms with E-state index in [1.807, 2.05) is 26.0 Å². The van der Waals surface area contributed by atoms with E-state index in [2.05, 4.69) is 11.9 Å². The van der Waals surface area contributed by atoms with Gasteiger partial charge in [0.15, 0.2) is 11.5 Å². The number of halogens is 1. The Labute approximate surface area is 124 Å². The summed E-state index contributed by atoms with van der Waals surface area (Å²) >= 11 is 0. The molecule has 0 unspecified atom stereocenters. The molecule has 0 atom stereocenters. The number of aryl methyl sites for hydroxylation is 2. The van der Waals surface area contributed by atoms with E-state index in [1.54, 1.807) is 0 Å². The number of aromatic nitrogens is 1. The van der Waals surface area contributed by atoms with Crippen molar-refractivity contribution in [2.45, 2.75) is 46.5 Å². The van der Waals surface area contributed by atoms with Crippen molar-refractivity contribution in [2.75, 3.05) is 6.61 Å². The molecule has 0 aliphatic carbocycles. The Morgan fingerprint density at radius 2 is 2.19 bits per heavy atom. The normalized spacial score (nSPS) is 12.1. The summed E-state index contributed by atoms with van der Waals surface area (Å²) in [4.78, 5) is 4.49. The third-order valence-electron chi connectivity index (χ3n) is 3.57. The Morgan fingerprint density at radius 3 is 2.86 bits per heavy atom. The number of hydrogen-bond donors (Lipinski definition) is 0. The zero-order valence-electron chi connectivity index (χ0n) is 12.9. The zero-order chi connectivity index (χ0) is 15.2. The molecule has 2 aromatic rings. The summed E-state index contributed by atoms with van der Waals surface area (Å²) in [5, 5.41) is 0. The Bertz CT molecular complexity index is 631. The van der Waals surface area contributed by atoms with Crippen molar-refractivity contribution in [3.05, 3.63) is 35.5 Å². The summed E-state index contributed by atoms with van der Waals surface area (Å²) in [6.45, 7) is 6.25. The highest BCUT2D eigenvalue weighted by atomic mass is 19.1. The second-order valence-corrected chi connectivity index (χ2v) is 5.16. The largest absolute Gasteiger partial charge is 0.489 e. The molecule has 1 aromatic heterocycles. The molecular weight excluding hydrogens is 269 g/mol. The van der Waals surface area contributed by atoms with Gasteiger partial charge in [0.25, 0.3) is 0 Å². The van der Waals surface area contributed by atoms with E-state index >= 15 is 0 Å². The Kier molecular flexibility index (Phi) is 5.37. The second kappa shape index (κ2) is 7.25. The predicted octanol–water partition coefficient (Wildman–Crippen LogP) is 5.12. The van der Waals surface area contributed by atoms with Crippen molar-refractivity contribution < 1.29 is 13.5 Å². The maximum Gasteiger partial charge on any atom is 0.195 e. The van der Waals surface area contributed by atoms with Crippen LogP contribution in [-0.4, -0.2) is 11.6 Å². The van der Waals surface area contributed by atoms with Gasteiger partial charge in [0.2, 0.25) is 0 Å². The SMILES string of the molecule is CCCCc1nc2ccc(OC/C(=C/F)CC)c(C)c2o1. The predicted molar refractivity (Wildman–Crippen MR) is 82.3 cm³/mol. The second-order valence-electron chi connectivity index (χ2n) is 5.16. The fraction of sp³-hybridized carbons (Fsp3) is 0.471. The minimum atomic E-state index is 0.260. The highest BCUT2D eigenvalue weighted by molar-refractivity contribution is 5.78. The summed E-state index contributed by atoms with van der Waals surface area (Å²) in [6, 6.07) is 3.76. The lowest BCUT2D eigenvalue weighted by molar-refractivity contribution is 0.343. The standard InChI is InChI=1S/C17H22FNO2/c1-4-6-7-16-19-14-8-9-15(12(3)17(14)21-16)20-11-13(5-2)10-18/h8-10H,4-7,11H2,1-3H3/b13-10+. The molecule has 0 saturated heterocycles. The van der Waals surface area contributed by atoms with E-state index in [1.165, 1.54) is 0 Å². The molecule has 3 nitrogen and oxygen atoms in total. The summed E-state index contributed by atoms with van der Waals surface area (Å²) in [5.74, 6) is 1.48. The Balaban J connectivity index is 2.20. The number of unbranched alkanes of at least 4 members (excludes halogenated alkanes) is 1. The third-order valence-corrected chi connectivity index (χ3v) is 3.57. The molecule has 0 fully saturated rings. The van der Waals surface area contributed by atoms with Crippen molar-refractivity contribution in [1.29, 1.82) is 0 Å². The number of benzene rings is 1. The third kappa shape index (κ3) is 3.63. The average molecular weight is 291 g/mol. The van der Waals surface area contributed by atoms with Crippen LogP contribution in [0.1, 0.15) is 44.6 Å². The molecule has 1 heterocycles. The summed E-state index contributed by atoms with van der Waals surface area (Å²) in [6.07, 6.45) is 4.29. The van der Waals surface area contributed by atoms with Crippen LogP contribution in [0.3, 0.4) is 0 Å². The zero-order valence-corrected chi connectivity index (χ0v) is 12.9.